The molecule has 0 unspecified atom stereocenters. The van der Waals surface area contributed by atoms with E-state index in [9.17, 15) is 9.59 Å². The maximum absolute atomic E-state index is 12.5. The summed E-state index contributed by atoms with van der Waals surface area (Å²) >= 11 is 0. The van der Waals surface area contributed by atoms with Crippen LogP contribution in [-0.4, -0.2) is 35.4 Å². The Bertz CT molecular complexity index is 775. The molecule has 0 atom stereocenters. The monoisotopic (exact) mass is 345 g/mol. The van der Waals surface area contributed by atoms with E-state index in [1.165, 1.54) is 7.11 Å². The third-order valence-corrected chi connectivity index (χ3v) is 3.57. The van der Waals surface area contributed by atoms with Gasteiger partial charge in [-0.3, -0.25) is 9.48 Å². The van der Waals surface area contributed by atoms with Crippen LogP contribution < -0.4 is 10.1 Å². The highest BCUT2D eigenvalue weighted by molar-refractivity contribution is 6.04. The average Bonchev–Trinajstić information content (AvgIpc) is 2.94. The molecule has 0 aliphatic rings. The Labute approximate surface area is 146 Å². The Morgan fingerprint density at radius 2 is 1.96 bits per heavy atom. The van der Waals surface area contributed by atoms with E-state index in [1.807, 2.05) is 6.07 Å². The lowest BCUT2D eigenvalue weighted by Gasteiger charge is -2.13. The largest absolute Gasteiger partial charge is 0.482 e. The summed E-state index contributed by atoms with van der Waals surface area (Å²) in [6, 6.07) is 8.45. The van der Waals surface area contributed by atoms with Gasteiger partial charge < -0.3 is 14.8 Å². The fraction of sp³-hybridized carbons (Fsp3) is 0.389. The van der Waals surface area contributed by atoms with Crippen molar-refractivity contribution < 1.29 is 19.1 Å². The number of aryl methyl sites for hydroxylation is 1. The van der Waals surface area contributed by atoms with E-state index < -0.39 is 5.97 Å². The molecule has 7 heteroatoms. The maximum atomic E-state index is 12.5. The van der Waals surface area contributed by atoms with Gasteiger partial charge in [0.05, 0.1) is 12.8 Å². The number of anilines is 1. The van der Waals surface area contributed by atoms with Crippen molar-refractivity contribution in [3.63, 3.8) is 0 Å². The van der Waals surface area contributed by atoms with Crippen LogP contribution in [0.3, 0.4) is 0 Å². The number of carbonyl (C=O) groups is 2. The number of carbonyl (C=O) groups excluding carboxylic acids is 2. The molecule has 1 N–H and O–H groups in total. The van der Waals surface area contributed by atoms with Gasteiger partial charge in [-0.15, -0.1) is 0 Å². The fourth-order valence-corrected chi connectivity index (χ4v) is 2.07. The second-order valence-corrected chi connectivity index (χ2v) is 6.64. The van der Waals surface area contributed by atoms with Gasteiger partial charge in [0.15, 0.2) is 6.61 Å². The minimum atomic E-state index is -0.487. The van der Waals surface area contributed by atoms with Gasteiger partial charge in [-0.1, -0.05) is 26.8 Å². The van der Waals surface area contributed by atoms with Crippen LogP contribution in [0.5, 0.6) is 5.75 Å². The molecule has 0 fully saturated rings. The van der Waals surface area contributed by atoms with E-state index in [2.05, 4.69) is 35.9 Å². The summed E-state index contributed by atoms with van der Waals surface area (Å²) in [6.45, 7) is 5.97. The molecule has 25 heavy (non-hydrogen) atoms. The summed E-state index contributed by atoms with van der Waals surface area (Å²) in [5.41, 5.74) is 1.20. The van der Waals surface area contributed by atoms with E-state index in [-0.39, 0.29) is 17.9 Å². The Kier molecular flexibility index (Phi) is 5.46. The summed E-state index contributed by atoms with van der Waals surface area (Å²) < 4.78 is 11.5. The molecule has 1 heterocycles. The summed E-state index contributed by atoms with van der Waals surface area (Å²) in [5.74, 6) is 0.251. The normalized spacial score (nSPS) is 11.1. The van der Waals surface area contributed by atoms with Crippen LogP contribution >= 0.6 is 0 Å². The zero-order valence-corrected chi connectivity index (χ0v) is 15.1. The minimum absolute atomic E-state index is 0.109. The molecule has 0 aliphatic heterocycles. The Balaban J connectivity index is 2.11. The van der Waals surface area contributed by atoms with Gasteiger partial charge in [-0.2, -0.15) is 5.10 Å². The van der Waals surface area contributed by atoms with Crippen molar-refractivity contribution in [2.75, 3.05) is 19.0 Å². The minimum Gasteiger partial charge on any atom is -0.482 e. The number of hydrogen-bond acceptors (Lipinski definition) is 5. The Morgan fingerprint density at radius 3 is 2.56 bits per heavy atom. The van der Waals surface area contributed by atoms with E-state index in [0.717, 1.165) is 5.69 Å². The summed E-state index contributed by atoms with van der Waals surface area (Å²) in [6.07, 6.45) is 0. The molecular formula is C18H23N3O4. The lowest BCUT2D eigenvalue weighted by atomic mass is 9.92. The maximum Gasteiger partial charge on any atom is 0.343 e. The molecule has 1 aromatic carbocycles. The van der Waals surface area contributed by atoms with Crippen LogP contribution in [0.15, 0.2) is 30.3 Å². The molecule has 7 nitrogen and oxygen atoms in total. The quantitative estimate of drug-likeness (QED) is 0.842. The van der Waals surface area contributed by atoms with E-state index in [0.29, 0.717) is 17.1 Å². The van der Waals surface area contributed by atoms with Crippen LogP contribution in [0.2, 0.25) is 0 Å². The van der Waals surface area contributed by atoms with Crippen molar-refractivity contribution in [1.82, 2.24) is 9.78 Å². The van der Waals surface area contributed by atoms with Crippen molar-refractivity contribution in [3.05, 3.63) is 41.6 Å². The topological polar surface area (TPSA) is 82.4 Å². The number of methoxy groups -OCH3 is 1. The Hall–Kier alpha value is -2.83. The van der Waals surface area contributed by atoms with Gasteiger partial charge in [0.2, 0.25) is 0 Å². The van der Waals surface area contributed by atoms with Crippen LogP contribution in [0.4, 0.5) is 5.82 Å². The van der Waals surface area contributed by atoms with Crippen LogP contribution in [0.25, 0.3) is 0 Å². The van der Waals surface area contributed by atoms with Crippen LogP contribution in [0, 0.1) is 0 Å². The fourth-order valence-electron chi connectivity index (χ4n) is 2.07. The zero-order chi connectivity index (χ0) is 18.6. The molecule has 2 aromatic rings. The standard InChI is InChI=1S/C18H23N3O4/c1-18(2,3)14-10-15(21(4)20-14)19-17(23)12-7-6-8-13(9-12)25-11-16(22)24-5/h6-10H,11H2,1-5H3,(H,19,23). The highest BCUT2D eigenvalue weighted by atomic mass is 16.6. The molecule has 0 aliphatic carbocycles. The number of ether oxygens (including phenoxy) is 2. The average molecular weight is 345 g/mol. The van der Waals surface area contributed by atoms with Crippen LogP contribution in [0.1, 0.15) is 36.8 Å². The second-order valence-electron chi connectivity index (χ2n) is 6.64. The molecule has 0 bridgehead atoms. The van der Waals surface area contributed by atoms with Crippen molar-refractivity contribution in [1.29, 1.82) is 0 Å². The predicted octanol–water partition coefficient (Wildman–Crippen LogP) is 2.52. The third kappa shape index (κ3) is 4.82. The number of benzene rings is 1. The van der Waals surface area contributed by atoms with Gasteiger partial charge in [-0.25, -0.2) is 4.79 Å². The second kappa shape index (κ2) is 7.38. The first-order valence-corrected chi connectivity index (χ1v) is 7.86. The molecule has 0 saturated carbocycles. The van der Waals surface area contributed by atoms with Gasteiger partial charge in [-0.05, 0) is 18.2 Å². The summed E-state index contributed by atoms with van der Waals surface area (Å²) in [4.78, 5) is 23.6. The Morgan fingerprint density at radius 1 is 1.24 bits per heavy atom. The van der Waals surface area contributed by atoms with Crippen molar-refractivity contribution in [2.24, 2.45) is 7.05 Å². The number of nitrogens with one attached hydrogen (secondary N) is 1. The predicted molar refractivity (Wildman–Crippen MR) is 93.8 cm³/mol. The third-order valence-electron chi connectivity index (χ3n) is 3.57. The molecule has 1 amide bonds. The van der Waals surface area contributed by atoms with Gasteiger partial charge in [0.1, 0.15) is 11.6 Å². The highest BCUT2D eigenvalue weighted by Gasteiger charge is 2.20. The van der Waals surface area contributed by atoms with Gasteiger partial charge >= 0.3 is 5.97 Å². The first-order valence-electron chi connectivity index (χ1n) is 7.86. The number of rotatable bonds is 5. The van der Waals surface area contributed by atoms with E-state index in [4.69, 9.17) is 4.74 Å². The number of amides is 1. The molecule has 0 spiro atoms. The molecule has 2 rings (SSSR count). The van der Waals surface area contributed by atoms with Gasteiger partial charge in [0, 0.05) is 24.1 Å². The smallest absolute Gasteiger partial charge is 0.343 e. The number of esters is 1. The SMILES string of the molecule is COC(=O)COc1cccc(C(=O)Nc2cc(C(C)(C)C)nn2C)c1. The van der Waals surface area contributed by atoms with Gasteiger partial charge in [0.25, 0.3) is 5.91 Å². The molecule has 134 valence electrons. The van der Waals surface area contributed by atoms with Crippen LogP contribution in [-0.2, 0) is 22.0 Å². The number of nitrogens with zero attached hydrogens (tertiary/aromatic N) is 2. The summed E-state index contributed by atoms with van der Waals surface area (Å²) in [5, 5.41) is 7.27. The molecular weight excluding hydrogens is 322 g/mol. The number of aromatic nitrogens is 2. The van der Waals surface area contributed by atoms with E-state index in [1.54, 1.807) is 36.0 Å². The number of hydrogen-bond donors (Lipinski definition) is 1. The van der Waals surface area contributed by atoms with Crippen molar-refractivity contribution in [2.45, 2.75) is 26.2 Å². The molecule has 1 aromatic heterocycles. The van der Waals surface area contributed by atoms with Crippen molar-refractivity contribution in [3.8, 4) is 5.75 Å². The molecule has 0 saturated heterocycles. The first kappa shape index (κ1) is 18.5. The lowest BCUT2D eigenvalue weighted by molar-refractivity contribution is -0.142. The first-order chi connectivity index (χ1) is 11.7. The summed E-state index contributed by atoms with van der Waals surface area (Å²) in [7, 11) is 3.07. The highest BCUT2D eigenvalue weighted by Crippen LogP contribution is 2.24. The van der Waals surface area contributed by atoms with E-state index >= 15 is 0 Å². The molecule has 0 radical (unpaired) electrons. The van der Waals surface area contributed by atoms with Crippen molar-refractivity contribution >= 4 is 17.7 Å². The lowest BCUT2D eigenvalue weighted by Crippen LogP contribution is -2.15. The zero-order valence-electron chi connectivity index (χ0n) is 15.1.